The van der Waals surface area contributed by atoms with E-state index in [1.807, 2.05) is 42.3 Å². The summed E-state index contributed by atoms with van der Waals surface area (Å²) >= 11 is 0. The van der Waals surface area contributed by atoms with Crippen molar-refractivity contribution in [3.05, 3.63) is 35.9 Å². The van der Waals surface area contributed by atoms with E-state index in [0.717, 1.165) is 5.56 Å². The number of nitrogens with one attached hydrogen (secondary N) is 2. The molecule has 0 bridgehead atoms. The minimum Gasteiger partial charge on any atom is -0.367 e. The maximum Gasteiger partial charge on any atom is 0.246 e. The van der Waals surface area contributed by atoms with E-state index in [0.29, 0.717) is 19.7 Å². The normalized spacial score (nSPS) is 21.5. The average molecular weight is 305 g/mol. The maximum absolute atomic E-state index is 12.0. The summed E-state index contributed by atoms with van der Waals surface area (Å²) in [6, 6.07) is 9.53. The summed E-state index contributed by atoms with van der Waals surface area (Å²) < 4.78 is 5.41. The average Bonchev–Trinajstić information content (AvgIpc) is 2.88. The van der Waals surface area contributed by atoms with Gasteiger partial charge in [-0.15, -0.1) is 0 Å². The van der Waals surface area contributed by atoms with Crippen LogP contribution in [0.25, 0.3) is 0 Å². The van der Waals surface area contributed by atoms with Crippen molar-refractivity contribution < 1.29 is 14.3 Å². The Labute approximate surface area is 130 Å². The number of ether oxygens (including phenoxy) is 1. The molecule has 1 aliphatic rings. The van der Waals surface area contributed by atoms with Gasteiger partial charge in [0.25, 0.3) is 0 Å². The van der Waals surface area contributed by atoms with Crippen LogP contribution >= 0.6 is 0 Å². The quantitative estimate of drug-likeness (QED) is 0.776. The van der Waals surface area contributed by atoms with Crippen molar-refractivity contribution in [1.29, 1.82) is 0 Å². The van der Waals surface area contributed by atoms with Gasteiger partial charge in [0.1, 0.15) is 6.61 Å². The topological polar surface area (TPSA) is 70.7 Å². The lowest BCUT2D eigenvalue weighted by Crippen LogP contribution is -2.46. The van der Waals surface area contributed by atoms with Crippen molar-refractivity contribution in [3.8, 4) is 0 Å². The minimum atomic E-state index is -0.215. The molecule has 2 N–H and O–H groups in total. The van der Waals surface area contributed by atoms with E-state index in [-0.39, 0.29) is 30.4 Å². The van der Waals surface area contributed by atoms with E-state index in [1.165, 1.54) is 0 Å². The van der Waals surface area contributed by atoms with Crippen molar-refractivity contribution in [3.63, 3.8) is 0 Å². The second-order valence-corrected chi connectivity index (χ2v) is 5.59. The fraction of sp³-hybridized carbons (Fsp3) is 0.500. The molecule has 0 aliphatic carbocycles. The third-order valence-electron chi connectivity index (χ3n) is 3.78. The van der Waals surface area contributed by atoms with E-state index in [4.69, 9.17) is 4.74 Å². The summed E-state index contributed by atoms with van der Waals surface area (Å²) in [5.41, 5.74) is 1.03. The highest BCUT2D eigenvalue weighted by Gasteiger charge is 2.36. The first kappa shape index (κ1) is 16.5. The van der Waals surface area contributed by atoms with Gasteiger partial charge in [-0.1, -0.05) is 30.3 Å². The van der Waals surface area contributed by atoms with Gasteiger partial charge in [-0.25, -0.2) is 0 Å². The fourth-order valence-electron chi connectivity index (χ4n) is 2.68. The molecule has 6 heteroatoms. The Morgan fingerprint density at radius 1 is 1.27 bits per heavy atom. The molecule has 0 aromatic heterocycles. The van der Waals surface area contributed by atoms with Crippen LogP contribution in [0.4, 0.5) is 0 Å². The zero-order valence-electron chi connectivity index (χ0n) is 13.0. The van der Waals surface area contributed by atoms with E-state index < -0.39 is 0 Å². The van der Waals surface area contributed by atoms with Gasteiger partial charge in [0, 0.05) is 20.1 Å². The van der Waals surface area contributed by atoms with Gasteiger partial charge in [-0.2, -0.15) is 0 Å². The number of nitrogens with zero attached hydrogens (tertiary/aromatic N) is 1. The van der Waals surface area contributed by atoms with Gasteiger partial charge in [-0.3, -0.25) is 9.59 Å². The molecule has 0 unspecified atom stereocenters. The van der Waals surface area contributed by atoms with Crippen LogP contribution in [0.3, 0.4) is 0 Å². The second-order valence-electron chi connectivity index (χ2n) is 5.59. The van der Waals surface area contributed by atoms with Crippen LogP contribution in [-0.4, -0.2) is 56.5 Å². The van der Waals surface area contributed by atoms with Crippen LogP contribution in [0.1, 0.15) is 5.56 Å². The highest BCUT2D eigenvalue weighted by Crippen LogP contribution is 2.15. The third kappa shape index (κ3) is 4.54. The molecule has 1 heterocycles. The van der Waals surface area contributed by atoms with Gasteiger partial charge in [-0.05, 0) is 12.6 Å². The van der Waals surface area contributed by atoms with E-state index in [9.17, 15) is 9.59 Å². The van der Waals surface area contributed by atoms with Crippen LogP contribution in [0.5, 0.6) is 0 Å². The Morgan fingerprint density at radius 2 is 2.00 bits per heavy atom. The Balaban J connectivity index is 1.77. The predicted octanol–water partition coefficient (Wildman–Crippen LogP) is -0.00440. The molecule has 0 saturated carbocycles. The zero-order valence-corrected chi connectivity index (χ0v) is 13.0. The Morgan fingerprint density at radius 3 is 2.68 bits per heavy atom. The summed E-state index contributed by atoms with van der Waals surface area (Å²) in [4.78, 5) is 25.8. The summed E-state index contributed by atoms with van der Waals surface area (Å²) in [5, 5.41) is 5.54. The molecule has 1 aliphatic heterocycles. The smallest absolute Gasteiger partial charge is 0.246 e. The van der Waals surface area contributed by atoms with E-state index in [1.54, 1.807) is 7.05 Å². The molecule has 0 radical (unpaired) electrons. The van der Waals surface area contributed by atoms with Crippen molar-refractivity contribution in [2.45, 2.75) is 12.6 Å². The number of likely N-dealkylation sites (N-methyl/N-ethyl adjacent to an activating group) is 1. The SMILES string of the molecule is CNC(=O)[C@H]1CN(C)C[C@@H]1NC(=O)COCc1ccccc1. The molecule has 0 spiro atoms. The second kappa shape index (κ2) is 7.91. The van der Waals surface area contributed by atoms with Crippen LogP contribution in [0.15, 0.2) is 30.3 Å². The van der Waals surface area contributed by atoms with Gasteiger partial charge in [0.05, 0.1) is 18.6 Å². The lowest BCUT2D eigenvalue weighted by atomic mass is 10.0. The molecule has 1 fully saturated rings. The molecule has 2 atom stereocenters. The Kier molecular flexibility index (Phi) is 5.91. The third-order valence-corrected chi connectivity index (χ3v) is 3.78. The highest BCUT2D eigenvalue weighted by molar-refractivity contribution is 5.82. The standard InChI is InChI=1S/C16H23N3O3/c1-17-16(21)13-8-19(2)9-14(13)18-15(20)11-22-10-12-6-4-3-5-7-12/h3-7,13-14H,8-11H2,1-2H3,(H,17,21)(H,18,20)/t13-,14-/m0/s1. The number of benzene rings is 1. The van der Waals surface area contributed by atoms with Crippen molar-refractivity contribution in [2.24, 2.45) is 5.92 Å². The largest absolute Gasteiger partial charge is 0.367 e. The molecule has 120 valence electrons. The molecular formula is C16H23N3O3. The first-order valence-corrected chi connectivity index (χ1v) is 7.41. The number of amides is 2. The van der Waals surface area contributed by atoms with Gasteiger partial charge < -0.3 is 20.3 Å². The van der Waals surface area contributed by atoms with Crippen LogP contribution in [0.2, 0.25) is 0 Å². The molecule has 6 nitrogen and oxygen atoms in total. The minimum absolute atomic E-state index is 0.00439. The van der Waals surface area contributed by atoms with Crippen LogP contribution in [0, 0.1) is 5.92 Å². The van der Waals surface area contributed by atoms with Crippen molar-refractivity contribution in [1.82, 2.24) is 15.5 Å². The number of carbonyl (C=O) groups excluding carboxylic acids is 2. The lowest BCUT2D eigenvalue weighted by molar-refractivity contribution is -0.128. The predicted molar refractivity (Wildman–Crippen MR) is 83.1 cm³/mol. The summed E-state index contributed by atoms with van der Waals surface area (Å²) in [6.07, 6.45) is 0. The first-order valence-electron chi connectivity index (χ1n) is 7.41. The fourth-order valence-corrected chi connectivity index (χ4v) is 2.68. The molecule has 1 aromatic carbocycles. The molecular weight excluding hydrogens is 282 g/mol. The molecule has 1 aromatic rings. The molecule has 1 saturated heterocycles. The van der Waals surface area contributed by atoms with Crippen LogP contribution in [-0.2, 0) is 20.9 Å². The maximum atomic E-state index is 12.0. The number of likely N-dealkylation sites (tertiary alicyclic amines) is 1. The molecule has 22 heavy (non-hydrogen) atoms. The van der Waals surface area contributed by atoms with Crippen molar-refractivity contribution in [2.75, 3.05) is 33.8 Å². The van der Waals surface area contributed by atoms with Gasteiger partial charge >= 0.3 is 0 Å². The van der Waals surface area contributed by atoms with E-state index in [2.05, 4.69) is 10.6 Å². The lowest BCUT2D eigenvalue weighted by Gasteiger charge is -2.18. The van der Waals surface area contributed by atoms with Gasteiger partial charge in [0.15, 0.2) is 0 Å². The highest BCUT2D eigenvalue weighted by atomic mass is 16.5. The zero-order chi connectivity index (χ0) is 15.9. The first-order chi connectivity index (χ1) is 10.6. The van der Waals surface area contributed by atoms with Crippen LogP contribution < -0.4 is 10.6 Å². The monoisotopic (exact) mass is 305 g/mol. The number of hydrogen-bond acceptors (Lipinski definition) is 4. The summed E-state index contributed by atoms with van der Waals surface area (Å²) in [6.45, 7) is 1.71. The Bertz CT molecular complexity index is 507. The van der Waals surface area contributed by atoms with Crippen molar-refractivity contribution >= 4 is 11.8 Å². The Hall–Kier alpha value is -1.92. The molecule has 2 amide bonds. The van der Waals surface area contributed by atoms with E-state index >= 15 is 0 Å². The van der Waals surface area contributed by atoms with Gasteiger partial charge in [0.2, 0.25) is 11.8 Å². The number of hydrogen-bond donors (Lipinski definition) is 2. The summed E-state index contributed by atoms with van der Waals surface area (Å²) in [5.74, 6) is -0.446. The number of carbonyl (C=O) groups is 2. The summed E-state index contributed by atoms with van der Waals surface area (Å²) in [7, 11) is 3.55. The molecule has 2 rings (SSSR count). The number of rotatable bonds is 6.